The first-order chi connectivity index (χ1) is 17.8. The average Bonchev–Trinajstić information content (AvgIpc) is 3.18. The first-order valence-corrected chi connectivity index (χ1v) is 14.1. The van der Waals surface area contributed by atoms with Gasteiger partial charge >= 0.3 is 12.2 Å². The van der Waals surface area contributed by atoms with Crippen molar-refractivity contribution >= 4 is 39.6 Å². The van der Waals surface area contributed by atoms with Gasteiger partial charge in [-0.3, -0.25) is 9.79 Å². The summed E-state index contributed by atoms with van der Waals surface area (Å²) in [6, 6.07) is 2.54. The van der Waals surface area contributed by atoms with Crippen LogP contribution in [0.3, 0.4) is 0 Å². The van der Waals surface area contributed by atoms with Gasteiger partial charge in [-0.25, -0.2) is 13.2 Å². The van der Waals surface area contributed by atoms with Crippen LogP contribution in [0.4, 0.5) is 23.7 Å². The van der Waals surface area contributed by atoms with Gasteiger partial charge < -0.3 is 15.5 Å². The maximum absolute atomic E-state index is 13.7. The van der Waals surface area contributed by atoms with E-state index in [9.17, 15) is 31.2 Å². The second-order valence-corrected chi connectivity index (χ2v) is 12.0. The Labute approximate surface area is 220 Å². The molecule has 1 saturated carbocycles. The first kappa shape index (κ1) is 28.1. The molecule has 3 aliphatic rings. The van der Waals surface area contributed by atoms with Crippen LogP contribution in [0.5, 0.6) is 0 Å². The lowest BCUT2D eigenvalue weighted by Gasteiger charge is -2.34. The van der Waals surface area contributed by atoms with E-state index in [1.165, 1.54) is 31.5 Å². The summed E-state index contributed by atoms with van der Waals surface area (Å²) in [5.74, 6) is 0.722. The Bertz CT molecular complexity index is 1250. The highest BCUT2D eigenvalue weighted by Crippen LogP contribution is 2.36. The molecule has 38 heavy (non-hydrogen) atoms. The number of halogens is 3. The molecule has 13 heteroatoms. The van der Waals surface area contributed by atoms with E-state index < -0.39 is 33.3 Å². The number of piperidine rings is 1. The van der Waals surface area contributed by atoms with E-state index in [-0.39, 0.29) is 49.0 Å². The third-order valence-electron chi connectivity index (χ3n) is 7.34. The molecule has 0 bridgehead atoms. The van der Waals surface area contributed by atoms with Crippen molar-refractivity contribution in [3.8, 4) is 0 Å². The predicted octanol–water partition coefficient (Wildman–Crippen LogP) is 4.04. The van der Waals surface area contributed by atoms with Crippen LogP contribution in [0.25, 0.3) is 6.08 Å². The molecule has 1 spiro atoms. The molecule has 2 fully saturated rings. The van der Waals surface area contributed by atoms with Gasteiger partial charge in [0.15, 0.2) is 0 Å². The van der Waals surface area contributed by atoms with Gasteiger partial charge in [0.1, 0.15) is 11.4 Å². The van der Waals surface area contributed by atoms with Crippen LogP contribution in [-0.4, -0.2) is 68.1 Å². The van der Waals surface area contributed by atoms with Crippen LogP contribution in [0, 0.1) is 5.92 Å². The van der Waals surface area contributed by atoms with Gasteiger partial charge in [0.05, 0.1) is 5.56 Å². The van der Waals surface area contributed by atoms with Crippen LogP contribution in [-0.2, 0) is 21.0 Å². The van der Waals surface area contributed by atoms with Crippen molar-refractivity contribution in [2.24, 2.45) is 10.9 Å². The van der Waals surface area contributed by atoms with E-state index in [4.69, 9.17) is 4.99 Å². The molecule has 1 aromatic rings. The lowest BCUT2D eigenvalue weighted by atomic mass is 9.88. The van der Waals surface area contributed by atoms with Gasteiger partial charge in [0, 0.05) is 44.2 Å². The smallest absolute Gasteiger partial charge is 0.331 e. The number of hydrogen-bond donors (Lipinski definition) is 2. The van der Waals surface area contributed by atoms with Crippen molar-refractivity contribution in [1.29, 1.82) is 0 Å². The molecule has 1 saturated heterocycles. The summed E-state index contributed by atoms with van der Waals surface area (Å²) in [4.78, 5) is 30.5. The molecule has 208 valence electrons. The third-order valence-corrected chi connectivity index (χ3v) is 8.90. The highest BCUT2D eigenvalue weighted by molar-refractivity contribution is 7.92. The molecule has 0 unspecified atom stereocenters. The fraction of sp³-hybridized carbons (Fsp3) is 0.560. The van der Waals surface area contributed by atoms with E-state index in [2.05, 4.69) is 10.6 Å². The fourth-order valence-corrected chi connectivity index (χ4v) is 6.25. The maximum atomic E-state index is 13.7. The minimum atomic E-state index is -4.77. The zero-order valence-electron chi connectivity index (χ0n) is 21.3. The molecule has 1 aliphatic carbocycles. The number of nitrogens with zero attached hydrogens (tertiary/aromatic N) is 3. The van der Waals surface area contributed by atoms with Crippen LogP contribution in [0.15, 0.2) is 28.6 Å². The number of sulfonamides is 1. The minimum Gasteiger partial charge on any atom is -0.331 e. The van der Waals surface area contributed by atoms with Gasteiger partial charge in [0.25, 0.3) is 5.91 Å². The van der Waals surface area contributed by atoms with Gasteiger partial charge in [-0.05, 0) is 49.5 Å². The summed E-state index contributed by atoms with van der Waals surface area (Å²) in [5.41, 5.74) is -2.49. The molecule has 1 aromatic carbocycles. The van der Waals surface area contributed by atoms with E-state index in [0.29, 0.717) is 5.84 Å². The van der Waals surface area contributed by atoms with Crippen molar-refractivity contribution in [2.45, 2.75) is 56.7 Å². The molecular formula is C25H32F3N5O4S. The maximum Gasteiger partial charge on any atom is 0.417 e. The molecule has 4 rings (SSSR count). The fourth-order valence-electron chi connectivity index (χ4n) is 5.07. The average molecular weight is 556 g/mol. The van der Waals surface area contributed by atoms with Crippen LogP contribution >= 0.6 is 0 Å². The summed E-state index contributed by atoms with van der Waals surface area (Å²) in [7, 11) is -1.15. The number of amides is 3. The molecule has 0 atom stereocenters. The number of carbonyl (C=O) groups is 2. The largest absolute Gasteiger partial charge is 0.417 e. The molecular weight excluding hydrogens is 523 g/mol. The number of nitrogens with one attached hydrogen (secondary N) is 2. The summed E-state index contributed by atoms with van der Waals surface area (Å²) >= 11 is 0. The Morgan fingerprint density at radius 3 is 2.45 bits per heavy atom. The summed E-state index contributed by atoms with van der Waals surface area (Å²) in [6.45, 7) is 0.0619. The van der Waals surface area contributed by atoms with Gasteiger partial charge in [-0.15, -0.1) is 0 Å². The van der Waals surface area contributed by atoms with Gasteiger partial charge in [0.2, 0.25) is 10.0 Å². The number of hydrogen-bond acceptors (Lipinski definition) is 5. The third kappa shape index (κ3) is 6.04. The lowest BCUT2D eigenvalue weighted by molar-refractivity contribution is -0.137. The Balaban J connectivity index is 1.47. The van der Waals surface area contributed by atoms with E-state index in [1.54, 1.807) is 0 Å². The highest BCUT2D eigenvalue weighted by Gasteiger charge is 2.48. The van der Waals surface area contributed by atoms with Crippen LogP contribution in [0.1, 0.15) is 56.1 Å². The van der Waals surface area contributed by atoms with Crippen molar-refractivity contribution in [2.75, 3.05) is 32.5 Å². The van der Waals surface area contributed by atoms with Crippen molar-refractivity contribution < 1.29 is 31.2 Å². The Morgan fingerprint density at radius 1 is 1.18 bits per heavy atom. The Morgan fingerprint density at radius 2 is 1.84 bits per heavy atom. The monoisotopic (exact) mass is 555 g/mol. The van der Waals surface area contributed by atoms with Gasteiger partial charge in [-0.2, -0.15) is 17.5 Å². The van der Waals surface area contributed by atoms with Crippen molar-refractivity contribution in [3.05, 3.63) is 34.7 Å². The second kappa shape index (κ2) is 10.7. The first-order valence-electron chi connectivity index (χ1n) is 12.6. The molecule has 0 radical (unpaired) electrons. The molecule has 2 N–H and O–H groups in total. The van der Waals surface area contributed by atoms with Crippen molar-refractivity contribution in [1.82, 2.24) is 14.5 Å². The predicted molar refractivity (Wildman–Crippen MR) is 138 cm³/mol. The number of benzene rings is 1. The van der Waals surface area contributed by atoms with Crippen LogP contribution < -0.4 is 10.6 Å². The normalized spacial score (nSPS) is 21.0. The van der Waals surface area contributed by atoms with E-state index in [1.807, 2.05) is 0 Å². The molecule has 2 aliphatic heterocycles. The quantitative estimate of drug-likeness (QED) is 0.571. The molecule has 3 amide bonds. The highest BCUT2D eigenvalue weighted by atomic mass is 32.2. The second-order valence-electron chi connectivity index (χ2n) is 10.2. The topological polar surface area (TPSA) is 111 Å². The minimum absolute atomic E-state index is 0.0309. The number of rotatable bonds is 5. The molecule has 9 nitrogen and oxygen atoms in total. The number of alkyl halides is 3. The number of amidine groups is 1. The Kier molecular flexibility index (Phi) is 7.89. The summed E-state index contributed by atoms with van der Waals surface area (Å²) in [6.07, 6.45) is 1.85. The standard InChI is InChI=1S/C25H32F3N5O4S/c1-32(2)23(35)29-19-9-8-17(20(16-19)25(26,27)28)10-15-38(36,37)33-13-11-24(12-14-33)22(34)30-21(31-24)18-6-4-3-5-7-18/h8-10,15-16,18H,3-7,11-14H2,1-2H3,(H,29,35)(H,30,31,34)/b15-10+. The zero-order valence-corrected chi connectivity index (χ0v) is 22.2. The number of carbonyl (C=O) groups excluding carboxylic acids is 2. The van der Waals surface area contributed by atoms with Crippen LogP contribution in [0.2, 0.25) is 0 Å². The summed E-state index contributed by atoms with van der Waals surface area (Å²) < 4.78 is 68.2. The van der Waals surface area contributed by atoms with Crippen molar-refractivity contribution in [3.63, 3.8) is 0 Å². The summed E-state index contributed by atoms with van der Waals surface area (Å²) in [5, 5.41) is 6.02. The SMILES string of the molecule is CN(C)C(=O)Nc1ccc(/C=C/S(=O)(=O)N2CCC3(CC2)N=C(C2CCCCC2)NC3=O)c(C(F)(F)F)c1. The number of aliphatic imine (C=N–C) groups is 1. The molecule has 2 heterocycles. The van der Waals surface area contributed by atoms with Gasteiger partial charge in [-0.1, -0.05) is 25.3 Å². The number of anilines is 1. The van der Waals surface area contributed by atoms with E-state index in [0.717, 1.165) is 53.6 Å². The molecule has 0 aromatic heterocycles. The zero-order chi connectivity index (χ0) is 27.7. The number of urea groups is 1. The lowest BCUT2D eigenvalue weighted by Crippen LogP contribution is -2.50. The van der Waals surface area contributed by atoms with E-state index >= 15 is 0 Å². The Hall–Kier alpha value is -2.93.